The van der Waals surface area contributed by atoms with Crippen molar-refractivity contribution in [1.82, 2.24) is 4.90 Å². The van der Waals surface area contributed by atoms with Gasteiger partial charge in [-0.2, -0.15) is 0 Å². The third-order valence-electron chi connectivity index (χ3n) is 9.11. The van der Waals surface area contributed by atoms with Gasteiger partial charge in [-0.1, -0.05) is 18.2 Å². The van der Waals surface area contributed by atoms with Gasteiger partial charge in [0, 0.05) is 24.1 Å². The van der Waals surface area contributed by atoms with Gasteiger partial charge >= 0.3 is 5.97 Å². The third kappa shape index (κ3) is 1.55. The molecule has 148 valence electrons. The van der Waals surface area contributed by atoms with Crippen molar-refractivity contribution in [2.24, 2.45) is 11.3 Å². The van der Waals surface area contributed by atoms with Crippen molar-refractivity contribution >= 4 is 17.6 Å². The number of ether oxygens (including phenoxy) is 1. The number of amides is 1. The van der Waals surface area contributed by atoms with Gasteiger partial charge in [-0.05, 0) is 68.7 Å². The second-order valence-electron chi connectivity index (χ2n) is 9.70. The Morgan fingerprint density at radius 2 is 1.93 bits per heavy atom. The van der Waals surface area contributed by atoms with Gasteiger partial charge in [0.25, 0.3) is 0 Å². The highest BCUT2D eigenvalue weighted by atomic mass is 16.5. The van der Waals surface area contributed by atoms with Crippen LogP contribution in [0, 0.1) is 11.3 Å². The molecule has 0 N–H and O–H groups in total. The van der Waals surface area contributed by atoms with E-state index >= 15 is 0 Å². The number of methoxy groups -OCH3 is 1. The number of anilines is 1. The molecule has 0 radical (unpaired) electrons. The molecular weight excluding hydrogens is 352 g/mol. The number of carbonyl (C=O) groups excluding carboxylic acids is 2. The van der Waals surface area contributed by atoms with Gasteiger partial charge in [0.15, 0.2) is 0 Å². The molecule has 1 aromatic carbocycles. The third-order valence-corrected chi connectivity index (χ3v) is 9.11. The molecule has 1 amide bonds. The average Bonchev–Trinajstić information content (AvgIpc) is 3.23. The lowest BCUT2D eigenvalue weighted by molar-refractivity contribution is -0.175. The molecule has 5 atom stereocenters. The Labute approximate surface area is 166 Å². The van der Waals surface area contributed by atoms with Gasteiger partial charge in [-0.25, -0.2) is 0 Å². The predicted octanol–water partition coefficient (Wildman–Crippen LogP) is 2.87. The Kier molecular flexibility index (Phi) is 3.15. The highest BCUT2D eigenvalue weighted by molar-refractivity contribution is 5.99. The molecule has 6 aliphatic rings. The maximum Gasteiger partial charge on any atom is 0.311 e. The van der Waals surface area contributed by atoms with Crippen molar-refractivity contribution in [1.29, 1.82) is 0 Å². The summed E-state index contributed by atoms with van der Waals surface area (Å²) in [6.45, 7) is 3.89. The minimum atomic E-state index is -0.478. The quantitative estimate of drug-likeness (QED) is 0.703. The van der Waals surface area contributed by atoms with E-state index in [-0.39, 0.29) is 28.6 Å². The van der Waals surface area contributed by atoms with Gasteiger partial charge in [0.2, 0.25) is 5.91 Å². The molecule has 0 unspecified atom stereocenters. The van der Waals surface area contributed by atoms with Crippen LogP contribution in [-0.2, 0) is 19.7 Å². The van der Waals surface area contributed by atoms with Gasteiger partial charge in [0.05, 0.1) is 18.6 Å². The number of esters is 1. The molecule has 3 heterocycles. The normalized spacial score (nSPS) is 42.7. The highest BCUT2D eigenvalue weighted by Crippen LogP contribution is 2.75. The number of carbonyl (C=O) groups is 2. The Balaban J connectivity index is 1.70. The molecule has 5 heteroatoms. The summed E-state index contributed by atoms with van der Waals surface area (Å²) in [6.07, 6.45) is 6.33. The zero-order valence-electron chi connectivity index (χ0n) is 16.7. The minimum Gasteiger partial charge on any atom is -0.469 e. The Morgan fingerprint density at radius 3 is 2.71 bits per heavy atom. The summed E-state index contributed by atoms with van der Waals surface area (Å²) >= 11 is 0. The lowest BCUT2D eigenvalue weighted by Crippen LogP contribution is -2.79. The number of benzene rings is 1. The summed E-state index contributed by atoms with van der Waals surface area (Å²) in [6, 6.07) is 8.91. The van der Waals surface area contributed by atoms with Crippen LogP contribution in [0.1, 0.15) is 51.0 Å². The van der Waals surface area contributed by atoms with Crippen LogP contribution in [0.3, 0.4) is 0 Å². The summed E-state index contributed by atoms with van der Waals surface area (Å²) in [5, 5.41) is 0. The molecule has 5 fully saturated rings. The highest BCUT2D eigenvalue weighted by Gasteiger charge is 2.81. The van der Waals surface area contributed by atoms with E-state index in [1.165, 1.54) is 25.5 Å². The van der Waals surface area contributed by atoms with E-state index in [2.05, 4.69) is 23.1 Å². The van der Waals surface area contributed by atoms with E-state index in [0.29, 0.717) is 6.04 Å². The number of para-hydroxylation sites is 1. The smallest absolute Gasteiger partial charge is 0.311 e. The molecule has 28 heavy (non-hydrogen) atoms. The van der Waals surface area contributed by atoms with Crippen LogP contribution in [0.4, 0.5) is 5.69 Å². The molecule has 3 aliphatic carbocycles. The Bertz CT molecular complexity index is 900. The summed E-state index contributed by atoms with van der Waals surface area (Å²) in [5.41, 5.74) is 1.89. The lowest BCUT2D eigenvalue weighted by Gasteiger charge is -2.70. The SMILES string of the molecule is COC(=O)[C@@H]1C[C@@]23CCCN4CC[C@@]5(c6ccccc6N(C(C)=O)[C@]15CC2)[C@@H]43. The second kappa shape index (κ2) is 5.18. The fourth-order valence-corrected chi connectivity index (χ4v) is 8.69. The number of rotatable bonds is 1. The van der Waals surface area contributed by atoms with E-state index < -0.39 is 5.54 Å². The molecule has 2 saturated heterocycles. The molecule has 3 aliphatic heterocycles. The first-order chi connectivity index (χ1) is 13.5. The van der Waals surface area contributed by atoms with Crippen LogP contribution >= 0.6 is 0 Å². The summed E-state index contributed by atoms with van der Waals surface area (Å²) in [5.74, 6) is -0.307. The standard InChI is InChI=1S/C23H28N2O3/c1-15(26)25-18-7-4-3-6-16(18)22-11-13-24-12-5-8-21(20(22)24)9-10-23(22,25)17(14-21)19(27)28-2/h3-4,6-7,17,20H,5,8-14H2,1-2H3/t17-,20-,21+,22+,23+/m0/s1. The van der Waals surface area contributed by atoms with Crippen LogP contribution in [0.15, 0.2) is 24.3 Å². The lowest BCUT2D eigenvalue weighted by atomic mass is 9.38. The topological polar surface area (TPSA) is 49.9 Å². The van der Waals surface area contributed by atoms with Crippen molar-refractivity contribution in [2.45, 2.75) is 62.4 Å². The van der Waals surface area contributed by atoms with Crippen LogP contribution in [-0.4, -0.2) is 48.6 Å². The summed E-state index contributed by atoms with van der Waals surface area (Å²) in [7, 11) is 1.51. The van der Waals surface area contributed by atoms with E-state index in [4.69, 9.17) is 4.74 Å². The molecule has 0 aromatic heterocycles. The van der Waals surface area contributed by atoms with Gasteiger partial charge in [-0.15, -0.1) is 0 Å². The molecule has 5 nitrogen and oxygen atoms in total. The first kappa shape index (κ1) is 17.0. The molecule has 3 saturated carbocycles. The maximum absolute atomic E-state index is 13.2. The van der Waals surface area contributed by atoms with Gasteiger partial charge in [0.1, 0.15) is 0 Å². The van der Waals surface area contributed by atoms with E-state index in [1.54, 1.807) is 6.92 Å². The van der Waals surface area contributed by atoms with Crippen molar-refractivity contribution in [3.05, 3.63) is 29.8 Å². The fraction of sp³-hybridized carbons (Fsp3) is 0.652. The zero-order valence-corrected chi connectivity index (χ0v) is 16.7. The molecule has 7 rings (SSSR count). The minimum absolute atomic E-state index is 0.0573. The monoisotopic (exact) mass is 380 g/mol. The number of hydrogen-bond acceptors (Lipinski definition) is 4. The predicted molar refractivity (Wildman–Crippen MR) is 105 cm³/mol. The largest absolute Gasteiger partial charge is 0.469 e. The summed E-state index contributed by atoms with van der Waals surface area (Å²) in [4.78, 5) is 31.0. The van der Waals surface area contributed by atoms with E-state index in [0.717, 1.165) is 44.5 Å². The number of piperidine rings is 1. The van der Waals surface area contributed by atoms with Crippen molar-refractivity contribution in [2.75, 3.05) is 25.1 Å². The van der Waals surface area contributed by atoms with Crippen molar-refractivity contribution in [3.63, 3.8) is 0 Å². The second-order valence-corrected chi connectivity index (χ2v) is 9.70. The van der Waals surface area contributed by atoms with E-state index in [1.807, 2.05) is 11.0 Å². The van der Waals surface area contributed by atoms with Crippen molar-refractivity contribution in [3.8, 4) is 0 Å². The van der Waals surface area contributed by atoms with Crippen LogP contribution in [0.2, 0.25) is 0 Å². The Morgan fingerprint density at radius 1 is 1.11 bits per heavy atom. The zero-order chi connectivity index (χ0) is 19.3. The Hall–Kier alpha value is -1.88. The first-order valence-corrected chi connectivity index (χ1v) is 10.7. The number of fused-ring (bicyclic) bond motifs is 3. The molecule has 2 bridgehead atoms. The number of hydrogen-bond donors (Lipinski definition) is 0. The summed E-state index contributed by atoms with van der Waals surface area (Å²) < 4.78 is 5.36. The van der Waals surface area contributed by atoms with Gasteiger partial charge < -0.3 is 9.64 Å². The van der Waals surface area contributed by atoms with Crippen LogP contribution in [0.25, 0.3) is 0 Å². The number of nitrogens with zero attached hydrogens (tertiary/aromatic N) is 2. The van der Waals surface area contributed by atoms with E-state index in [9.17, 15) is 9.59 Å². The average molecular weight is 380 g/mol. The van der Waals surface area contributed by atoms with Crippen LogP contribution < -0.4 is 4.90 Å². The van der Waals surface area contributed by atoms with Crippen molar-refractivity contribution < 1.29 is 14.3 Å². The maximum atomic E-state index is 13.2. The molecule has 1 aromatic rings. The van der Waals surface area contributed by atoms with Crippen LogP contribution in [0.5, 0.6) is 0 Å². The first-order valence-electron chi connectivity index (χ1n) is 10.7. The molecular formula is C23H28N2O3. The molecule has 3 spiro atoms. The van der Waals surface area contributed by atoms with Gasteiger partial charge in [-0.3, -0.25) is 14.5 Å². The fourth-order valence-electron chi connectivity index (χ4n) is 8.69.